The van der Waals surface area contributed by atoms with Gasteiger partial charge in [0.2, 0.25) is 5.91 Å². The number of hydrogen-bond acceptors (Lipinski definition) is 6. The van der Waals surface area contributed by atoms with Crippen molar-refractivity contribution in [3.63, 3.8) is 0 Å². The maximum Gasteiger partial charge on any atom is 0.329 e. The zero-order valence-electron chi connectivity index (χ0n) is 22.1. The van der Waals surface area contributed by atoms with E-state index in [1.165, 1.54) is 43.5 Å². The van der Waals surface area contributed by atoms with E-state index < -0.39 is 6.03 Å². The molecule has 2 saturated heterocycles. The molecule has 9 heteroatoms. The van der Waals surface area contributed by atoms with Crippen molar-refractivity contribution in [1.29, 1.82) is 0 Å². The van der Waals surface area contributed by atoms with Gasteiger partial charge in [0.1, 0.15) is 0 Å². The molecule has 3 aromatic rings. The third-order valence-corrected chi connectivity index (χ3v) is 8.63. The van der Waals surface area contributed by atoms with Crippen LogP contribution in [0.5, 0.6) is 0 Å². The predicted octanol–water partition coefficient (Wildman–Crippen LogP) is 3.70. The van der Waals surface area contributed by atoms with Crippen molar-refractivity contribution in [2.45, 2.75) is 38.0 Å². The number of hydrogen-bond donors (Lipinski definition) is 2. The maximum absolute atomic E-state index is 12.4. The third-order valence-electron chi connectivity index (χ3n) is 8.63. The molecule has 2 aliphatic heterocycles. The summed E-state index contributed by atoms with van der Waals surface area (Å²) in [7, 11) is 1.91. The largest absolute Gasteiger partial charge is 0.399 e. The average molecular weight is 516 g/mol. The number of imide groups is 1. The summed E-state index contributed by atoms with van der Waals surface area (Å²) in [5, 5.41) is 7.93. The molecule has 1 aliphatic carbocycles. The summed E-state index contributed by atoms with van der Waals surface area (Å²) in [6, 6.07) is 14.4. The van der Waals surface area contributed by atoms with Gasteiger partial charge in [0.15, 0.2) is 5.82 Å². The summed E-state index contributed by atoms with van der Waals surface area (Å²) in [6.07, 6.45) is 5.44. The first kappa shape index (κ1) is 24.7. The molecule has 0 bridgehead atoms. The molecule has 1 aromatic heterocycles. The summed E-state index contributed by atoms with van der Waals surface area (Å²) in [6.45, 7) is 5.72. The molecular weight excluding hydrogens is 478 g/mol. The lowest BCUT2D eigenvalue weighted by Gasteiger charge is -2.39. The third kappa shape index (κ3) is 4.95. The lowest BCUT2D eigenvalue weighted by atomic mass is 9.78. The van der Waals surface area contributed by atoms with Gasteiger partial charge in [-0.15, -0.1) is 0 Å². The normalized spacial score (nSPS) is 23.2. The molecule has 3 fully saturated rings. The first-order chi connectivity index (χ1) is 18.4. The average Bonchev–Trinajstić information content (AvgIpc) is 3.25. The van der Waals surface area contributed by atoms with Crippen LogP contribution in [-0.4, -0.2) is 65.9 Å². The number of amides is 3. The van der Waals surface area contributed by atoms with E-state index in [0.717, 1.165) is 48.7 Å². The number of fused-ring (bicyclic) bond motifs is 1. The Morgan fingerprint density at radius 1 is 0.947 bits per heavy atom. The standard InChI is InChI=1S/C29H37N7O2/c1-33-26-18-24(10-11-25(26)28(32-33)36-13-12-27(37)31-29(36)38)35-16-14-34(15-17-35)19-20-2-4-21(5-3-20)22-6-8-23(30)9-7-22/h6-11,18,20-21H,2-5,12-17,19,30H2,1H3,(H,31,37,38). The van der Waals surface area contributed by atoms with Crippen LogP contribution in [0.4, 0.5) is 22.0 Å². The van der Waals surface area contributed by atoms with Crippen LogP contribution in [0.15, 0.2) is 42.5 Å². The molecule has 200 valence electrons. The highest BCUT2D eigenvalue weighted by molar-refractivity contribution is 6.09. The molecule has 3 aliphatic rings. The second kappa shape index (κ2) is 10.3. The number of piperazine rings is 1. The van der Waals surface area contributed by atoms with Gasteiger partial charge in [-0.1, -0.05) is 12.1 Å². The van der Waals surface area contributed by atoms with E-state index in [1.54, 1.807) is 4.90 Å². The Balaban J connectivity index is 1.04. The SMILES string of the molecule is Cn1nc(N2CCC(=O)NC2=O)c2ccc(N3CCN(CC4CCC(c5ccc(N)cc5)CC4)CC3)cc21. The van der Waals surface area contributed by atoms with Crippen molar-refractivity contribution >= 4 is 40.0 Å². The van der Waals surface area contributed by atoms with Crippen LogP contribution in [0.1, 0.15) is 43.6 Å². The number of aryl methyl sites for hydroxylation is 1. The number of nitrogens with one attached hydrogen (secondary N) is 1. The number of aromatic nitrogens is 2. The van der Waals surface area contributed by atoms with E-state index in [9.17, 15) is 9.59 Å². The van der Waals surface area contributed by atoms with E-state index >= 15 is 0 Å². The zero-order chi connectivity index (χ0) is 26.2. The Morgan fingerprint density at radius 3 is 2.39 bits per heavy atom. The van der Waals surface area contributed by atoms with Gasteiger partial charge in [-0.2, -0.15) is 5.10 Å². The quantitative estimate of drug-likeness (QED) is 0.503. The van der Waals surface area contributed by atoms with Gasteiger partial charge in [-0.25, -0.2) is 4.79 Å². The Labute approximate surface area is 223 Å². The van der Waals surface area contributed by atoms with Crippen LogP contribution in [-0.2, 0) is 11.8 Å². The molecule has 0 atom stereocenters. The van der Waals surface area contributed by atoms with Crippen molar-refractivity contribution < 1.29 is 9.59 Å². The first-order valence-electron chi connectivity index (χ1n) is 13.9. The molecule has 6 rings (SSSR count). The second-order valence-electron chi connectivity index (χ2n) is 11.1. The topological polar surface area (TPSA) is 99.7 Å². The molecule has 2 aromatic carbocycles. The highest BCUT2D eigenvalue weighted by Gasteiger charge is 2.29. The van der Waals surface area contributed by atoms with E-state index in [1.807, 2.05) is 23.9 Å². The van der Waals surface area contributed by atoms with Gasteiger partial charge in [-0.3, -0.25) is 24.6 Å². The lowest BCUT2D eigenvalue weighted by molar-refractivity contribution is -0.120. The highest BCUT2D eigenvalue weighted by Crippen LogP contribution is 2.37. The Bertz CT molecular complexity index is 1320. The van der Waals surface area contributed by atoms with Crippen molar-refractivity contribution in [2.24, 2.45) is 13.0 Å². The van der Waals surface area contributed by atoms with Crippen molar-refractivity contribution in [3.05, 3.63) is 48.0 Å². The van der Waals surface area contributed by atoms with E-state index in [4.69, 9.17) is 5.73 Å². The fourth-order valence-electron chi connectivity index (χ4n) is 6.39. The molecule has 0 unspecified atom stereocenters. The fraction of sp³-hybridized carbons (Fsp3) is 0.483. The lowest BCUT2D eigenvalue weighted by Crippen LogP contribution is -2.49. The summed E-state index contributed by atoms with van der Waals surface area (Å²) < 4.78 is 1.83. The Kier molecular flexibility index (Phi) is 6.69. The van der Waals surface area contributed by atoms with Crippen LogP contribution in [0.25, 0.3) is 10.9 Å². The molecule has 0 spiro atoms. The monoisotopic (exact) mass is 515 g/mol. The van der Waals surface area contributed by atoms with Crippen LogP contribution < -0.4 is 20.9 Å². The van der Waals surface area contributed by atoms with Gasteiger partial charge in [-0.05, 0) is 73.4 Å². The fourth-order valence-corrected chi connectivity index (χ4v) is 6.39. The van der Waals surface area contributed by atoms with Gasteiger partial charge in [0.05, 0.1) is 5.52 Å². The number of urea groups is 1. The van der Waals surface area contributed by atoms with Crippen LogP contribution in [0.3, 0.4) is 0 Å². The minimum absolute atomic E-state index is 0.237. The zero-order valence-corrected chi connectivity index (χ0v) is 22.1. The Morgan fingerprint density at radius 2 is 1.68 bits per heavy atom. The number of rotatable bonds is 5. The van der Waals surface area contributed by atoms with E-state index in [-0.39, 0.29) is 12.3 Å². The molecule has 3 N–H and O–H groups in total. The number of nitrogens with zero attached hydrogens (tertiary/aromatic N) is 5. The number of carbonyl (C=O) groups excluding carboxylic acids is 2. The smallest absolute Gasteiger partial charge is 0.329 e. The molecule has 3 amide bonds. The second-order valence-corrected chi connectivity index (χ2v) is 11.1. The number of benzene rings is 2. The number of anilines is 3. The number of nitrogen functional groups attached to an aromatic ring is 1. The predicted molar refractivity (Wildman–Crippen MR) is 150 cm³/mol. The van der Waals surface area contributed by atoms with E-state index in [0.29, 0.717) is 18.3 Å². The first-order valence-corrected chi connectivity index (χ1v) is 13.9. The molecule has 1 saturated carbocycles. The summed E-state index contributed by atoms with van der Waals surface area (Å²) in [5.74, 6) is 1.84. The molecule has 3 heterocycles. The van der Waals surface area contributed by atoms with Crippen molar-refractivity contribution in [1.82, 2.24) is 20.0 Å². The van der Waals surface area contributed by atoms with Crippen LogP contribution >= 0.6 is 0 Å². The molecular formula is C29H37N7O2. The van der Waals surface area contributed by atoms with Gasteiger partial charge in [0.25, 0.3) is 0 Å². The summed E-state index contributed by atoms with van der Waals surface area (Å²) in [4.78, 5) is 30.6. The minimum atomic E-state index is -0.403. The maximum atomic E-state index is 12.4. The number of nitrogens with two attached hydrogens (primary N) is 1. The molecule has 9 nitrogen and oxygen atoms in total. The van der Waals surface area contributed by atoms with Crippen LogP contribution in [0.2, 0.25) is 0 Å². The number of carbonyl (C=O) groups is 2. The van der Waals surface area contributed by atoms with Gasteiger partial charge >= 0.3 is 6.03 Å². The van der Waals surface area contributed by atoms with Crippen molar-refractivity contribution in [3.8, 4) is 0 Å². The molecule has 38 heavy (non-hydrogen) atoms. The van der Waals surface area contributed by atoms with Gasteiger partial charge < -0.3 is 10.6 Å². The van der Waals surface area contributed by atoms with Crippen LogP contribution in [0, 0.1) is 5.92 Å². The Hall–Kier alpha value is -3.59. The minimum Gasteiger partial charge on any atom is -0.399 e. The highest BCUT2D eigenvalue weighted by atomic mass is 16.2. The summed E-state index contributed by atoms with van der Waals surface area (Å²) in [5.41, 5.74) is 10.3. The molecule has 0 radical (unpaired) electrons. The van der Waals surface area contributed by atoms with E-state index in [2.05, 4.69) is 50.5 Å². The van der Waals surface area contributed by atoms with Gasteiger partial charge in [0, 0.05) is 69.5 Å². The van der Waals surface area contributed by atoms with Crippen molar-refractivity contribution in [2.75, 3.05) is 54.8 Å². The summed E-state index contributed by atoms with van der Waals surface area (Å²) >= 11 is 0.